The molecule has 0 saturated heterocycles. The minimum absolute atomic E-state index is 0.235. The van der Waals surface area contributed by atoms with Crippen molar-refractivity contribution < 1.29 is 29.3 Å². The van der Waals surface area contributed by atoms with E-state index in [1.807, 2.05) is 0 Å². The molecular weight excluding hydrogens is 324 g/mol. The van der Waals surface area contributed by atoms with Gasteiger partial charge in [-0.05, 0) is 47.5 Å². The van der Waals surface area contributed by atoms with E-state index in [9.17, 15) is 19.8 Å². The topological polar surface area (TPSA) is 93.1 Å². The Morgan fingerprint density at radius 2 is 1.44 bits per heavy atom. The number of benzene rings is 2. The quantitative estimate of drug-likeness (QED) is 0.376. The van der Waals surface area contributed by atoms with Gasteiger partial charge in [0, 0.05) is 12.2 Å². The number of esters is 2. The Morgan fingerprint density at radius 1 is 0.840 bits per heavy atom. The maximum atomic E-state index is 11.8. The average Bonchev–Trinajstić information content (AvgIpc) is 2.62. The number of ether oxygens (including phenoxy) is 2. The second kappa shape index (κ2) is 8.35. The van der Waals surface area contributed by atoms with Crippen LogP contribution in [0.15, 0.2) is 54.6 Å². The molecule has 0 atom stereocenters. The fourth-order valence-corrected chi connectivity index (χ4v) is 1.84. The van der Waals surface area contributed by atoms with Crippen LogP contribution in [0.2, 0.25) is 0 Å². The molecule has 0 amide bonds. The van der Waals surface area contributed by atoms with Gasteiger partial charge in [0.25, 0.3) is 0 Å². The first-order valence-corrected chi connectivity index (χ1v) is 7.26. The minimum Gasteiger partial charge on any atom is -0.504 e. The largest absolute Gasteiger partial charge is 0.504 e. The van der Waals surface area contributed by atoms with Crippen molar-refractivity contribution in [1.29, 1.82) is 0 Å². The molecule has 0 aromatic heterocycles. The molecule has 0 aliphatic carbocycles. The number of hydrogen-bond donors (Lipinski definition) is 2. The number of carbonyl (C=O) groups is 2. The van der Waals surface area contributed by atoms with E-state index in [1.54, 1.807) is 36.4 Å². The summed E-state index contributed by atoms with van der Waals surface area (Å²) in [7, 11) is 1.29. The maximum Gasteiger partial charge on any atom is 0.336 e. The molecule has 0 bridgehead atoms. The van der Waals surface area contributed by atoms with Gasteiger partial charge in [-0.1, -0.05) is 18.2 Å². The molecule has 0 heterocycles. The molecule has 0 spiro atoms. The average molecular weight is 340 g/mol. The standard InChI is InChI=1S/C19H16O6/c1-24-18(22)10-5-13-2-7-15(8-3-13)25-19(23)11-6-14-4-9-16(20)17(21)12-14/h2-12,20-21H,1H3. The fraction of sp³-hybridized carbons (Fsp3) is 0.0526. The van der Waals surface area contributed by atoms with Crippen molar-refractivity contribution in [2.75, 3.05) is 7.11 Å². The molecule has 2 aromatic carbocycles. The molecule has 0 fully saturated rings. The van der Waals surface area contributed by atoms with Crippen molar-refractivity contribution in [3.05, 3.63) is 65.7 Å². The Morgan fingerprint density at radius 3 is 2.08 bits per heavy atom. The van der Waals surface area contributed by atoms with Crippen LogP contribution >= 0.6 is 0 Å². The van der Waals surface area contributed by atoms with E-state index in [0.717, 1.165) is 5.56 Å². The lowest BCUT2D eigenvalue weighted by molar-refractivity contribution is -0.134. The van der Waals surface area contributed by atoms with Gasteiger partial charge in [-0.25, -0.2) is 9.59 Å². The highest BCUT2D eigenvalue weighted by Crippen LogP contribution is 2.25. The second-order valence-corrected chi connectivity index (χ2v) is 4.93. The first-order valence-electron chi connectivity index (χ1n) is 7.26. The van der Waals surface area contributed by atoms with Crippen LogP contribution in [0, 0.1) is 0 Å². The number of rotatable bonds is 5. The van der Waals surface area contributed by atoms with Crippen LogP contribution in [0.4, 0.5) is 0 Å². The highest BCUT2D eigenvalue weighted by Gasteiger charge is 2.02. The van der Waals surface area contributed by atoms with Crippen molar-refractivity contribution in [2.24, 2.45) is 0 Å². The summed E-state index contributed by atoms with van der Waals surface area (Å²) in [6.07, 6.45) is 5.53. The lowest BCUT2D eigenvalue weighted by atomic mass is 10.2. The minimum atomic E-state index is -0.592. The molecular formula is C19H16O6. The highest BCUT2D eigenvalue weighted by atomic mass is 16.5. The van der Waals surface area contributed by atoms with E-state index in [1.165, 1.54) is 37.5 Å². The van der Waals surface area contributed by atoms with Crippen LogP contribution in [-0.4, -0.2) is 29.3 Å². The third-order valence-corrected chi connectivity index (χ3v) is 3.12. The lowest BCUT2D eigenvalue weighted by Crippen LogP contribution is -2.03. The summed E-state index contributed by atoms with van der Waals surface area (Å²) in [6, 6.07) is 10.7. The van der Waals surface area contributed by atoms with E-state index in [4.69, 9.17) is 4.74 Å². The van der Waals surface area contributed by atoms with Crippen LogP contribution in [0.25, 0.3) is 12.2 Å². The van der Waals surface area contributed by atoms with Gasteiger partial charge >= 0.3 is 11.9 Å². The zero-order valence-corrected chi connectivity index (χ0v) is 13.4. The van der Waals surface area contributed by atoms with Crippen LogP contribution < -0.4 is 4.74 Å². The van der Waals surface area contributed by atoms with Gasteiger partial charge in [-0.3, -0.25) is 0 Å². The zero-order chi connectivity index (χ0) is 18.2. The Balaban J connectivity index is 1.96. The summed E-state index contributed by atoms with van der Waals surface area (Å²) in [5.74, 6) is -1.21. The van der Waals surface area contributed by atoms with Crippen LogP contribution in [-0.2, 0) is 14.3 Å². The monoisotopic (exact) mass is 340 g/mol. The van der Waals surface area contributed by atoms with Crippen LogP contribution in [0.5, 0.6) is 17.2 Å². The van der Waals surface area contributed by atoms with E-state index >= 15 is 0 Å². The number of carbonyl (C=O) groups excluding carboxylic acids is 2. The number of methoxy groups -OCH3 is 1. The van der Waals surface area contributed by atoms with Gasteiger partial charge in [0.1, 0.15) is 5.75 Å². The van der Waals surface area contributed by atoms with Crippen molar-refractivity contribution in [3.63, 3.8) is 0 Å². The van der Waals surface area contributed by atoms with E-state index in [0.29, 0.717) is 11.3 Å². The number of phenols is 2. The van der Waals surface area contributed by atoms with Gasteiger partial charge < -0.3 is 19.7 Å². The third kappa shape index (κ3) is 5.54. The predicted octanol–water partition coefficient (Wildman–Crippen LogP) is 2.90. The van der Waals surface area contributed by atoms with Crippen molar-refractivity contribution in [2.45, 2.75) is 0 Å². The summed E-state index contributed by atoms with van der Waals surface area (Å²) < 4.78 is 9.63. The Labute approximate surface area is 144 Å². The van der Waals surface area contributed by atoms with Crippen LogP contribution in [0.3, 0.4) is 0 Å². The molecule has 6 nitrogen and oxygen atoms in total. The molecule has 0 saturated carbocycles. The molecule has 2 aromatic rings. The van der Waals surface area contributed by atoms with E-state index < -0.39 is 11.9 Å². The maximum absolute atomic E-state index is 11.8. The summed E-state index contributed by atoms with van der Waals surface area (Å²) in [6.45, 7) is 0. The second-order valence-electron chi connectivity index (χ2n) is 4.93. The fourth-order valence-electron chi connectivity index (χ4n) is 1.84. The van der Waals surface area contributed by atoms with Crippen molar-refractivity contribution in [1.82, 2.24) is 0 Å². The molecule has 0 radical (unpaired) electrons. The van der Waals surface area contributed by atoms with Gasteiger partial charge in [0.2, 0.25) is 0 Å². The lowest BCUT2D eigenvalue weighted by Gasteiger charge is -2.02. The molecule has 128 valence electrons. The Bertz CT molecular complexity index is 818. The zero-order valence-electron chi connectivity index (χ0n) is 13.4. The van der Waals surface area contributed by atoms with Crippen molar-refractivity contribution >= 4 is 24.1 Å². The molecule has 0 aliphatic heterocycles. The molecule has 0 aliphatic rings. The van der Waals surface area contributed by atoms with Gasteiger partial charge in [-0.2, -0.15) is 0 Å². The SMILES string of the molecule is COC(=O)C=Cc1ccc(OC(=O)C=Cc2ccc(O)c(O)c2)cc1. The van der Waals surface area contributed by atoms with E-state index in [2.05, 4.69) is 4.74 Å². The molecule has 0 unspecified atom stereocenters. The molecule has 2 N–H and O–H groups in total. The number of hydrogen-bond acceptors (Lipinski definition) is 6. The summed E-state index contributed by atoms with van der Waals surface area (Å²) in [5, 5.41) is 18.6. The van der Waals surface area contributed by atoms with Gasteiger partial charge in [0.05, 0.1) is 7.11 Å². The molecule has 25 heavy (non-hydrogen) atoms. The normalized spacial score (nSPS) is 10.9. The third-order valence-electron chi connectivity index (χ3n) is 3.12. The van der Waals surface area contributed by atoms with Gasteiger partial charge in [-0.15, -0.1) is 0 Å². The number of aromatic hydroxyl groups is 2. The first-order chi connectivity index (χ1) is 12.0. The summed E-state index contributed by atoms with van der Waals surface area (Å²) >= 11 is 0. The Kier molecular flexibility index (Phi) is 5.95. The van der Waals surface area contributed by atoms with Crippen molar-refractivity contribution in [3.8, 4) is 17.2 Å². The summed E-state index contributed by atoms with van der Waals surface area (Å²) in [4.78, 5) is 22.8. The molecule has 2 rings (SSSR count). The van der Waals surface area contributed by atoms with Gasteiger partial charge in [0.15, 0.2) is 11.5 Å². The summed E-state index contributed by atoms with van der Waals surface area (Å²) in [5.41, 5.74) is 1.29. The molecule has 6 heteroatoms. The first kappa shape index (κ1) is 17.8. The Hall–Kier alpha value is -3.54. The number of phenolic OH excluding ortho intramolecular Hbond substituents is 2. The highest BCUT2D eigenvalue weighted by molar-refractivity contribution is 5.89. The van der Waals surface area contributed by atoms with E-state index in [-0.39, 0.29) is 11.5 Å². The smallest absolute Gasteiger partial charge is 0.336 e. The predicted molar refractivity (Wildman–Crippen MR) is 91.9 cm³/mol. The van der Waals surface area contributed by atoms with Crippen LogP contribution in [0.1, 0.15) is 11.1 Å².